The molecule has 0 radical (unpaired) electrons. The molecule has 0 spiro atoms. The fourth-order valence-corrected chi connectivity index (χ4v) is 9.38. The highest BCUT2D eigenvalue weighted by Gasteiger charge is 2.30. The Morgan fingerprint density at radius 1 is 0.611 bits per heavy atom. The number of benzene rings is 2. The standard InChI is InChI=1S/C27H31FN6O2.C27H33FN6O2/c1-34-16-22(15-30-34)32-27(36)25(10-17-4-2-3-5-17)33-26(35)19-8-9-23(28)24(12-19)31-21-11-20(13-29-14-21)18-6-7-18;1-17(2)23-14-20(10-11-29-23)31-24-13-19(8-9-22(24)28)26(35)33-25(12-18-6-4-5-7-18)27(36)32-21-15-30-34(3)16-21/h8-9,11-18,25,31H,2-7,10H2,1H3,(H,32,36)(H,33,35);8-11,13-18,25H,4-7,12H2,1-3H3,(H,29,31)(H,32,36)(H,33,35). The number of carbonyl (C=O) groups is 4. The molecule has 0 bridgehead atoms. The second-order valence-electron chi connectivity index (χ2n) is 19.7. The van der Waals surface area contributed by atoms with Crippen LogP contribution < -0.4 is 31.9 Å². The first-order valence-corrected chi connectivity index (χ1v) is 25.0. The summed E-state index contributed by atoms with van der Waals surface area (Å²) in [6, 6.07) is 12.5. The first-order valence-electron chi connectivity index (χ1n) is 25.0. The van der Waals surface area contributed by atoms with Gasteiger partial charge in [0.2, 0.25) is 11.8 Å². The van der Waals surface area contributed by atoms with Crippen molar-refractivity contribution in [3.05, 3.63) is 132 Å². The Morgan fingerprint density at radius 3 is 1.57 bits per heavy atom. The Morgan fingerprint density at radius 2 is 1.11 bits per heavy atom. The van der Waals surface area contributed by atoms with Crippen LogP contribution in [0.1, 0.15) is 135 Å². The van der Waals surface area contributed by atoms with Gasteiger partial charge in [-0.25, -0.2) is 8.78 Å². The molecule has 3 fully saturated rings. The summed E-state index contributed by atoms with van der Waals surface area (Å²) in [4.78, 5) is 61.1. The molecule has 0 saturated heterocycles. The van der Waals surface area contributed by atoms with Crippen molar-refractivity contribution in [3.8, 4) is 0 Å². The van der Waals surface area contributed by atoms with Gasteiger partial charge in [0.05, 0.1) is 47.0 Å². The zero-order valence-corrected chi connectivity index (χ0v) is 41.3. The van der Waals surface area contributed by atoms with E-state index >= 15 is 0 Å². The number of nitrogens with zero attached hydrogens (tertiary/aromatic N) is 6. The van der Waals surface area contributed by atoms with Crippen molar-refractivity contribution >= 4 is 57.8 Å². The molecule has 6 N–H and O–H groups in total. The van der Waals surface area contributed by atoms with E-state index in [0.29, 0.717) is 53.3 Å². The Kier molecular flexibility index (Phi) is 16.7. The van der Waals surface area contributed by atoms with Gasteiger partial charge >= 0.3 is 0 Å². The highest BCUT2D eigenvalue weighted by Crippen LogP contribution is 2.40. The van der Waals surface area contributed by atoms with E-state index in [9.17, 15) is 28.0 Å². The summed E-state index contributed by atoms with van der Waals surface area (Å²) in [6.45, 7) is 4.06. The van der Waals surface area contributed by atoms with Gasteiger partial charge in [0.1, 0.15) is 23.7 Å². The summed E-state index contributed by atoms with van der Waals surface area (Å²) in [7, 11) is 3.54. The first-order chi connectivity index (χ1) is 34.7. The molecule has 6 aromatic rings. The van der Waals surface area contributed by atoms with Crippen molar-refractivity contribution in [2.24, 2.45) is 25.9 Å². The molecule has 3 aliphatic carbocycles. The summed E-state index contributed by atoms with van der Waals surface area (Å²) in [6.07, 6.45) is 23.8. The third kappa shape index (κ3) is 14.1. The number of hydrogen-bond donors (Lipinski definition) is 6. The molecule has 0 aliphatic heterocycles. The number of hydrogen-bond acceptors (Lipinski definition) is 10. The second kappa shape index (κ2) is 23.6. The van der Waals surface area contributed by atoms with Crippen molar-refractivity contribution in [2.75, 3.05) is 21.3 Å². The average Bonchev–Trinajstić information content (AvgIpc) is 3.72. The molecule has 16 nitrogen and oxygen atoms in total. The highest BCUT2D eigenvalue weighted by atomic mass is 19.1. The van der Waals surface area contributed by atoms with Gasteiger partial charge in [-0.2, -0.15) is 10.2 Å². The molecule has 18 heteroatoms. The maximum atomic E-state index is 14.6. The summed E-state index contributed by atoms with van der Waals surface area (Å²) in [5.41, 5.74) is 5.40. The topological polar surface area (TPSA) is 202 Å². The maximum Gasteiger partial charge on any atom is 0.252 e. The minimum Gasteiger partial charge on any atom is -0.353 e. The Bertz CT molecular complexity index is 2670. The molecule has 3 saturated carbocycles. The quantitative estimate of drug-likeness (QED) is 0.0481. The highest BCUT2D eigenvalue weighted by molar-refractivity contribution is 6.02. The Labute approximate surface area is 418 Å². The number of halogens is 2. The van der Waals surface area contributed by atoms with Gasteiger partial charge in [-0.05, 0) is 110 Å². The predicted octanol–water partition coefficient (Wildman–Crippen LogP) is 10.0. The van der Waals surface area contributed by atoms with Gasteiger partial charge in [0, 0.05) is 61.4 Å². The van der Waals surface area contributed by atoms with E-state index in [1.807, 2.05) is 32.2 Å². The average molecular weight is 983 g/mol. The van der Waals surface area contributed by atoms with E-state index in [1.54, 1.807) is 66.7 Å². The summed E-state index contributed by atoms with van der Waals surface area (Å²) >= 11 is 0. The van der Waals surface area contributed by atoms with Crippen molar-refractivity contribution in [2.45, 2.75) is 115 Å². The molecule has 9 rings (SSSR count). The fourth-order valence-electron chi connectivity index (χ4n) is 9.38. The van der Waals surface area contributed by atoms with Crippen LogP contribution in [-0.4, -0.2) is 65.2 Å². The molecule has 4 aromatic heterocycles. The molecule has 2 aromatic carbocycles. The second-order valence-corrected chi connectivity index (χ2v) is 19.7. The number of amides is 4. The largest absolute Gasteiger partial charge is 0.353 e. The van der Waals surface area contributed by atoms with Crippen LogP contribution in [0.3, 0.4) is 0 Å². The van der Waals surface area contributed by atoms with E-state index in [0.717, 1.165) is 75.5 Å². The zero-order valence-electron chi connectivity index (χ0n) is 41.3. The predicted molar refractivity (Wildman–Crippen MR) is 273 cm³/mol. The van der Waals surface area contributed by atoms with Crippen LogP contribution in [0.5, 0.6) is 0 Å². The molecule has 2 unspecified atom stereocenters. The van der Waals surface area contributed by atoms with E-state index < -0.39 is 35.5 Å². The molecule has 72 heavy (non-hydrogen) atoms. The summed E-state index contributed by atoms with van der Waals surface area (Å²) < 4.78 is 32.4. The lowest BCUT2D eigenvalue weighted by molar-refractivity contribution is -0.119. The van der Waals surface area contributed by atoms with Crippen LogP contribution in [0.2, 0.25) is 0 Å². The van der Waals surface area contributed by atoms with Crippen molar-refractivity contribution in [1.82, 2.24) is 40.2 Å². The zero-order chi connectivity index (χ0) is 50.7. The third-order valence-electron chi connectivity index (χ3n) is 13.5. The lowest BCUT2D eigenvalue weighted by Crippen LogP contribution is -2.44. The van der Waals surface area contributed by atoms with Gasteiger partial charge in [-0.15, -0.1) is 0 Å². The van der Waals surface area contributed by atoms with Crippen LogP contribution in [0.25, 0.3) is 0 Å². The minimum absolute atomic E-state index is 0.177. The molecule has 2 atom stereocenters. The number of carbonyl (C=O) groups excluding carboxylic acids is 4. The normalized spacial score (nSPS) is 15.5. The van der Waals surface area contributed by atoms with Gasteiger partial charge in [-0.3, -0.25) is 38.5 Å². The molecule has 378 valence electrons. The molecule has 4 heterocycles. The van der Waals surface area contributed by atoms with E-state index in [-0.39, 0.29) is 40.2 Å². The van der Waals surface area contributed by atoms with E-state index in [2.05, 4.69) is 52.1 Å². The molecular weight excluding hydrogens is 919 g/mol. The lowest BCUT2D eigenvalue weighted by atomic mass is 9.97. The van der Waals surface area contributed by atoms with Gasteiger partial charge in [0.25, 0.3) is 11.8 Å². The number of nitrogens with one attached hydrogen (secondary N) is 6. The van der Waals surface area contributed by atoms with E-state index in [4.69, 9.17) is 0 Å². The number of aryl methyl sites for hydroxylation is 2. The number of anilines is 6. The third-order valence-corrected chi connectivity index (χ3v) is 13.5. The summed E-state index contributed by atoms with van der Waals surface area (Å²) in [5.74, 6) is -0.875. The monoisotopic (exact) mass is 983 g/mol. The lowest BCUT2D eigenvalue weighted by Gasteiger charge is -2.21. The SMILES string of the molecule is CC(C)c1cc(Nc2cc(C(=O)NC(CC3CCCC3)C(=O)Nc3cnn(C)c3)ccc2F)ccn1.Cn1cc(NC(=O)C(CC2CCCC2)NC(=O)c2ccc(F)c(Nc3cncc(C4CC4)c3)c2)cn1. The van der Waals surface area contributed by atoms with Crippen LogP contribution >= 0.6 is 0 Å². The first kappa shape index (κ1) is 50.9. The number of rotatable bonds is 18. The van der Waals surface area contributed by atoms with Crippen molar-refractivity contribution in [3.63, 3.8) is 0 Å². The number of aromatic nitrogens is 6. The van der Waals surface area contributed by atoms with Crippen LogP contribution in [0.4, 0.5) is 42.9 Å². The van der Waals surface area contributed by atoms with E-state index in [1.165, 1.54) is 36.4 Å². The molecule has 3 aliphatic rings. The van der Waals surface area contributed by atoms with Gasteiger partial charge in [-0.1, -0.05) is 65.2 Å². The van der Waals surface area contributed by atoms with Crippen LogP contribution in [-0.2, 0) is 23.7 Å². The smallest absolute Gasteiger partial charge is 0.252 e. The maximum absolute atomic E-state index is 14.6. The Balaban J connectivity index is 0.000000193. The van der Waals surface area contributed by atoms with Gasteiger partial charge < -0.3 is 31.9 Å². The van der Waals surface area contributed by atoms with Crippen LogP contribution in [0, 0.1) is 23.5 Å². The Hall–Kier alpha value is -7.50. The molecular formula is C54H64F2N12O4. The number of pyridine rings is 2. The molecule has 4 amide bonds. The van der Waals surface area contributed by atoms with Crippen molar-refractivity contribution in [1.29, 1.82) is 0 Å². The summed E-state index contributed by atoms with van der Waals surface area (Å²) in [5, 5.41) is 25.7. The van der Waals surface area contributed by atoms with Crippen molar-refractivity contribution < 1.29 is 28.0 Å². The minimum atomic E-state index is -0.712. The fraction of sp³-hybridized carbons (Fsp3) is 0.407. The van der Waals surface area contributed by atoms with Gasteiger partial charge in [0.15, 0.2) is 0 Å². The van der Waals surface area contributed by atoms with Crippen LogP contribution in [0.15, 0.2) is 98.0 Å².